The lowest BCUT2D eigenvalue weighted by atomic mass is 10.1. The maximum atomic E-state index is 10.1. The first kappa shape index (κ1) is 10.9. The molecule has 1 nitrogen and oxygen atoms in total. The number of rotatable bonds is 2. The molecule has 0 aliphatic heterocycles. The number of aliphatic hydroxyl groups is 1. The highest BCUT2D eigenvalue weighted by Gasteiger charge is 2.11. The highest BCUT2D eigenvalue weighted by atomic mass is 79.9. The van der Waals surface area contributed by atoms with Gasteiger partial charge in [-0.1, -0.05) is 34.1 Å². The predicted octanol–water partition coefficient (Wildman–Crippen LogP) is 3.90. The number of hydrogen-bond acceptors (Lipinski definition) is 2. The summed E-state index contributed by atoms with van der Waals surface area (Å²) in [5.41, 5.74) is 2.08. The van der Waals surface area contributed by atoms with E-state index in [0.29, 0.717) is 0 Å². The van der Waals surface area contributed by atoms with Crippen LogP contribution >= 0.6 is 27.3 Å². The van der Waals surface area contributed by atoms with Crippen molar-refractivity contribution in [3.8, 4) is 0 Å². The third-order valence-corrected chi connectivity index (χ3v) is 4.12. The van der Waals surface area contributed by atoms with Crippen molar-refractivity contribution >= 4 is 27.3 Å². The summed E-state index contributed by atoms with van der Waals surface area (Å²) in [6, 6.07) is 9.83. The van der Waals surface area contributed by atoms with Gasteiger partial charge in [0, 0.05) is 9.35 Å². The van der Waals surface area contributed by atoms with Crippen LogP contribution in [0.2, 0.25) is 0 Å². The van der Waals surface area contributed by atoms with Gasteiger partial charge in [0.05, 0.1) is 0 Å². The Morgan fingerprint density at radius 1 is 1.33 bits per heavy atom. The topological polar surface area (TPSA) is 20.2 Å². The molecule has 0 saturated carbocycles. The SMILES string of the molecule is Cc1cc(C(O)c2cccs2)ccc1Br. The molecule has 1 atom stereocenters. The van der Waals surface area contributed by atoms with Crippen LogP contribution in [0.5, 0.6) is 0 Å². The average molecular weight is 283 g/mol. The molecule has 1 unspecified atom stereocenters. The van der Waals surface area contributed by atoms with E-state index in [4.69, 9.17) is 0 Å². The Bertz CT molecular complexity index is 451. The van der Waals surface area contributed by atoms with Crippen LogP contribution < -0.4 is 0 Å². The van der Waals surface area contributed by atoms with E-state index in [1.54, 1.807) is 11.3 Å². The second kappa shape index (κ2) is 4.47. The van der Waals surface area contributed by atoms with Crippen LogP contribution in [0.3, 0.4) is 0 Å². The van der Waals surface area contributed by atoms with Gasteiger partial charge in [-0.3, -0.25) is 0 Å². The molecule has 1 N–H and O–H groups in total. The Hall–Kier alpha value is -0.640. The molecule has 1 heterocycles. The summed E-state index contributed by atoms with van der Waals surface area (Å²) in [5.74, 6) is 0. The molecule has 0 bridgehead atoms. The van der Waals surface area contributed by atoms with Gasteiger partial charge in [-0.05, 0) is 35.6 Å². The Balaban J connectivity index is 2.34. The number of hydrogen-bond donors (Lipinski definition) is 1. The standard InChI is InChI=1S/C12H11BrOS/c1-8-7-9(4-5-10(8)13)12(14)11-3-2-6-15-11/h2-7,12,14H,1H3. The zero-order chi connectivity index (χ0) is 10.8. The largest absolute Gasteiger partial charge is 0.383 e. The number of aryl methyl sites for hydroxylation is 1. The van der Waals surface area contributed by atoms with Crippen molar-refractivity contribution in [1.29, 1.82) is 0 Å². The summed E-state index contributed by atoms with van der Waals surface area (Å²) < 4.78 is 1.07. The van der Waals surface area contributed by atoms with Crippen LogP contribution in [0.15, 0.2) is 40.2 Å². The van der Waals surface area contributed by atoms with E-state index in [1.165, 1.54) is 0 Å². The van der Waals surface area contributed by atoms with Gasteiger partial charge in [0.1, 0.15) is 6.10 Å². The minimum absolute atomic E-state index is 0.503. The van der Waals surface area contributed by atoms with Gasteiger partial charge in [-0.15, -0.1) is 11.3 Å². The normalized spacial score (nSPS) is 12.7. The van der Waals surface area contributed by atoms with Gasteiger partial charge in [0.2, 0.25) is 0 Å². The first-order chi connectivity index (χ1) is 7.18. The predicted molar refractivity (Wildman–Crippen MR) is 67.3 cm³/mol. The van der Waals surface area contributed by atoms with Crippen LogP contribution in [0.25, 0.3) is 0 Å². The molecule has 78 valence electrons. The molecule has 0 fully saturated rings. The van der Waals surface area contributed by atoms with Crippen molar-refractivity contribution in [1.82, 2.24) is 0 Å². The molecule has 1 aromatic carbocycles. The summed E-state index contributed by atoms with van der Waals surface area (Å²) in [6.45, 7) is 2.02. The molecule has 0 radical (unpaired) electrons. The van der Waals surface area contributed by atoms with Gasteiger partial charge >= 0.3 is 0 Å². The summed E-state index contributed by atoms with van der Waals surface area (Å²) >= 11 is 5.02. The summed E-state index contributed by atoms with van der Waals surface area (Å²) in [7, 11) is 0. The smallest absolute Gasteiger partial charge is 0.113 e. The van der Waals surface area contributed by atoms with E-state index < -0.39 is 6.10 Å². The monoisotopic (exact) mass is 282 g/mol. The Morgan fingerprint density at radius 3 is 2.73 bits per heavy atom. The number of aliphatic hydroxyl groups excluding tert-OH is 1. The molecule has 2 rings (SSSR count). The summed E-state index contributed by atoms with van der Waals surface area (Å²) in [4.78, 5) is 0.983. The van der Waals surface area contributed by atoms with Gasteiger partial charge in [0.25, 0.3) is 0 Å². The average Bonchev–Trinajstić information content (AvgIpc) is 2.74. The molecule has 0 aliphatic rings. The van der Waals surface area contributed by atoms with Crippen molar-refractivity contribution in [2.75, 3.05) is 0 Å². The Kier molecular flexibility index (Phi) is 3.24. The van der Waals surface area contributed by atoms with Crippen LogP contribution in [-0.4, -0.2) is 5.11 Å². The van der Waals surface area contributed by atoms with Gasteiger partial charge in [-0.2, -0.15) is 0 Å². The van der Waals surface area contributed by atoms with Crippen molar-refractivity contribution in [2.45, 2.75) is 13.0 Å². The fourth-order valence-corrected chi connectivity index (χ4v) is 2.43. The van der Waals surface area contributed by atoms with E-state index in [0.717, 1.165) is 20.5 Å². The third kappa shape index (κ3) is 2.30. The molecular formula is C12H11BrOS. The van der Waals surface area contributed by atoms with Crippen molar-refractivity contribution in [3.63, 3.8) is 0 Å². The fraction of sp³-hybridized carbons (Fsp3) is 0.167. The lowest BCUT2D eigenvalue weighted by molar-refractivity contribution is 0.224. The molecule has 15 heavy (non-hydrogen) atoms. The van der Waals surface area contributed by atoms with Crippen molar-refractivity contribution < 1.29 is 5.11 Å². The van der Waals surface area contributed by atoms with E-state index in [2.05, 4.69) is 15.9 Å². The van der Waals surface area contributed by atoms with E-state index in [9.17, 15) is 5.11 Å². The maximum Gasteiger partial charge on any atom is 0.113 e. The lowest BCUT2D eigenvalue weighted by Gasteiger charge is -2.10. The van der Waals surface area contributed by atoms with E-state index in [1.807, 2.05) is 42.6 Å². The zero-order valence-corrected chi connectivity index (χ0v) is 10.7. The highest BCUT2D eigenvalue weighted by molar-refractivity contribution is 9.10. The second-order valence-electron chi connectivity index (χ2n) is 3.43. The molecule has 0 saturated heterocycles. The summed E-state index contributed by atoms with van der Waals surface area (Å²) in [5, 5.41) is 12.1. The van der Waals surface area contributed by atoms with Crippen LogP contribution in [0, 0.1) is 6.92 Å². The van der Waals surface area contributed by atoms with E-state index >= 15 is 0 Å². The lowest BCUT2D eigenvalue weighted by Crippen LogP contribution is -1.97. The zero-order valence-electron chi connectivity index (χ0n) is 8.27. The molecular weight excluding hydrogens is 272 g/mol. The van der Waals surface area contributed by atoms with Crippen LogP contribution in [0.1, 0.15) is 22.1 Å². The second-order valence-corrected chi connectivity index (χ2v) is 5.26. The number of halogens is 1. The molecule has 3 heteroatoms. The fourth-order valence-electron chi connectivity index (χ4n) is 1.45. The third-order valence-electron chi connectivity index (χ3n) is 2.31. The van der Waals surface area contributed by atoms with Gasteiger partial charge in [0.15, 0.2) is 0 Å². The molecule has 2 aromatic rings. The minimum atomic E-state index is -0.503. The van der Waals surface area contributed by atoms with Crippen LogP contribution in [-0.2, 0) is 0 Å². The van der Waals surface area contributed by atoms with Crippen molar-refractivity contribution in [3.05, 3.63) is 56.2 Å². The Labute approximate surface area is 102 Å². The summed E-state index contributed by atoms with van der Waals surface area (Å²) in [6.07, 6.45) is -0.503. The maximum absolute atomic E-state index is 10.1. The molecule has 0 aliphatic carbocycles. The Morgan fingerprint density at radius 2 is 2.13 bits per heavy atom. The minimum Gasteiger partial charge on any atom is -0.383 e. The molecule has 0 spiro atoms. The highest BCUT2D eigenvalue weighted by Crippen LogP contribution is 2.28. The van der Waals surface area contributed by atoms with Gasteiger partial charge < -0.3 is 5.11 Å². The van der Waals surface area contributed by atoms with Gasteiger partial charge in [-0.25, -0.2) is 0 Å². The number of benzene rings is 1. The van der Waals surface area contributed by atoms with Crippen molar-refractivity contribution in [2.24, 2.45) is 0 Å². The first-order valence-corrected chi connectivity index (χ1v) is 6.33. The number of thiophene rings is 1. The van der Waals surface area contributed by atoms with E-state index in [-0.39, 0.29) is 0 Å². The molecule has 0 amide bonds. The quantitative estimate of drug-likeness (QED) is 0.886. The molecule has 1 aromatic heterocycles. The van der Waals surface area contributed by atoms with Crippen LogP contribution in [0.4, 0.5) is 0 Å². The first-order valence-electron chi connectivity index (χ1n) is 4.66.